The zero-order chi connectivity index (χ0) is 18.6. The smallest absolute Gasteiger partial charge is 0.228 e. The van der Waals surface area contributed by atoms with Gasteiger partial charge in [-0.25, -0.2) is 0 Å². The first kappa shape index (κ1) is 20.6. The maximum absolute atomic E-state index is 12.9. The minimum Gasteiger partial charge on any atom is -0.496 e. The molecule has 150 valence electrons. The van der Waals surface area contributed by atoms with Crippen molar-refractivity contribution in [3.63, 3.8) is 0 Å². The molecule has 2 aromatic rings. The topological polar surface area (TPSA) is 44.8 Å². The Morgan fingerprint density at radius 2 is 1.93 bits per heavy atom. The molecule has 4 rings (SSSR count). The van der Waals surface area contributed by atoms with E-state index in [2.05, 4.69) is 34.5 Å². The number of piperazine rings is 1. The van der Waals surface area contributed by atoms with Crippen molar-refractivity contribution in [2.75, 3.05) is 44.7 Å². The van der Waals surface area contributed by atoms with Gasteiger partial charge in [0.1, 0.15) is 5.75 Å². The predicted molar refractivity (Wildman–Crippen MR) is 115 cm³/mol. The molecule has 1 unspecified atom stereocenters. The largest absolute Gasteiger partial charge is 0.496 e. The Morgan fingerprint density at radius 1 is 1.14 bits per heavy atom. The van der Waals surface area contributed by atoms with Crippen LogP contribution in [-0.2, 0) is 11.2 Å². The SMILES string of the molecule is COc1ccccc1C1CNCCN1CCC(=O)N1CCc2ccccc21.Cl. The normalized spacial score (nSPS) is 19.0. The lowest BCUT2D eigenvalue weighted by atomic mass is 10.0. The van der Waals surface area contributed by atoms with Crippen molar-refractivity contribution >= 4 is 24.0 Å². The van der Waals surface area contributed by atoms with Gasteiger partial charge in [-0.05, 0) is 24.1 Å². The van der Waals surface area contributed by atoms with Crippen LogP contribution in [0.25, 0.3) is 0 Å². The third-order valence-electron chi connectivity index (χ3n) is 5.65. The monoisotopic (exact) mass is 401 g/mol. The van der Waals surface area contributed by atoms with Gasteiger partial charge in [0.2, 0.25) is 5.91 Å². The van der Waals surface area contributed by atoms with Crippen LogP contribution in [0.1, 0.15) is 23.6 Å². The average Bonchev–Trinajstić information content (AvgIpc) is 3.16. The number of halogens is 1. The molecule has 0 aliphatic carbocycles. The highest BCUT2D eigenvalue weighted by Gasteiger charge is 2.28. The molecule has 1 atom stereocenters. The van der Waals surface area contributed by atoms with Gasteiger partial charge in [0.15, 0.2) is 0 Å². The van der Waals surface area contributed by atoms with Gasteiger partial charge in [0, 0.05) is 50.4 Å². The Bertz CT molecular complexity index is 814. The van der Waals surface area contributed by atoms with E-state index in [0.29, 0.717) is 6.42 Å². The van der Waals surface area contributed by atoms with Crippen molar-refractivity contribution in [1.29, 1.82) is 0 Å². The van der Waals surface area contributed by atoms with Crippen LogP contribution in [0.5, 0.6) is 5.75 Å². The molecule has 1 N–H and O–H groups in total. The zero-order valence-corrected chi connectivity index (χ0v) is 17.1. The Hall–Kier alpha value is -2.08. The highest BCUT2D eigenvalue weighted by molar-refractivity contribution is 5.95. The fourth-order valence-electron chi connectivity index (χ4n) is 4.23. The fourth-order valence-corrected chi connectivity index (χ4v) is 4.23. The van der Waals surface area contributed by atoms with Gasteiger partial charge < -0.3 is 15.0 Å². The van der Waals surface area contributed by atoms with Gasteiger partial charge in [-0.15, -0.1) is 12.4 Å². The second-order valence-corrected chi connectivity index (χ2v) is 7.17. The summed E-state index contributed by atoms with van der Waals surface area (Å²) in [4.78, 5) is 17.2. The summed E-state index contributed by atoms with van der Waals surface area (Å²) in [6.45, 7) is 4.33. The highest BCUT2D eigenvalue weighted by Crippen LogP contribution is 2.31. The number of carbonyl (C=O) groups is 1. The van der Waals surface area contributed by atoms with Crippen LogP contribution in [0.4, 0.5) is 5.69 Å². The van der Waals surface area contributed by atoms with Crippen molar-refractivity contribution in [1.82, 2.24) is 10.2 Å². The quantitative estimate of drug-likeness (QED) is 0.836. The lowest BCUT2D eigenvalue weighted by molar-refractivity contribution is -0.119. The summed E-state index contributed by atoms with van der Waals surface area (Å²) in [5.41, 5.74) is 3.55. The number of para-hydroxylation sites is 2. The molecule has 1 saturated heterocycles. The molecule has 1 amide bonds. The third kappa shape index (κ3) is 4.17. The van der Waals surface area contributed by atoms with E-state index in [1.165, 1.54) is 11.1 Å². The van der Waals surface area contributed by atoms with E-state index in [0.717, 1.165) is 50.6 Å². The number of fused-ring (bicyclic) bond motifs is 1. The Kier molecular flexibility index (Phi) is 6.94. The van der Waals surface area contributed by atoms with E-state index in [-0.39, 0.29) is 24.4 Å². The van der Waals surface area contributed by atoms with E-state index in [1.54, 1.807) is 7.11 Å². The number of benzene rings is 2. The second-order valence-electron chi connectivity index (χ2n) is 7.17. The summed E-state index contributed by atoms with van der Waals surface area (Å²) in [6, 6.07) is 16.7. The van der Waals surface area contributed by atoms with Crippen LogP contribution in [0, 0.1) is 0 Å². The van der Waals surface area contributed by atoms with Gasteiger partial charge in [0.05, 0.1) is 13.2 Å². The molecular formula is C22H28ClN3O2. The highest BCUT2D eigenvalue weighted by atomic mass is 35.5. The molecule has 0 bridgehead atoms. The molecule has 0 aromatic heterocycles. The number of methoxy groups -OCH3 is 1. The van der Waals surface area contributed by atoms with E-state index in [1.807, 2.05) is 29.2 Å². The molecule has 1 fully saturated rings. The number of nitrogens with one attached hydrogen (secondary N) is 1. The van der Waals surface area contributed by atoms with Crippen LogP contribution in [0.15, 0.2) is 48.5 Å². The molecule has 0 radical (unpaired) electrons. The van der Waals surface area contributed by atoms with Gasteiger partial charge in [-0.1, -0.05) is 36.4 Å². The van der Waals surface area contributed by atoms with Crippen molar-refractivity contribution in [2.24, 2.45) is 0 Å². The lowest BCUT2D eigenvalue weighted by Gasteiger charge is -2.37. The summed E-state index contributed by atoms with van der Waals surface area (Å²) in [6.07, 6.45) is 1.50. The van der Waals surface area contributed by atoms with Crippen molar-refractivity contribution in [3.05, 3.63) is 59.7 Å². The van der Waals surface area contributed by atoms with Crippen LogP contribution >= 0.6 is 12.4 Å². The number of ether oxygens (including phenoxy) is 1. The average molecular weight is 402 g/mol. The summed E-state index contributed by atoms with van der Waals surface area (Å²) in [7, 11) is 1.72. The molecule has 2 aliphatic heterocycles. The fraction of sp³-hybridized carbons (Fsp3) is 0.409. The first-order valence-corrected chi connectivity index (χ1v) is 9.74. The van der Waals surface area contributed by atoms with E-state index >= 15 is 0 Å². The number of carbonyl (C=O) groups excluding carboxylic acids is 1. The van der Waals surface area contributed by atoms with Crippen LogP contribution in [0.2, 0.25) is 0 Å². The Morgan fingerprint density at radius 3 is 2.79 bits per heavy atom. The summed E-state index contributed by atoms with van der Waals surface area (Å²) in [5.74, 6) is 1.13. The number of amides is 1. The van der Waals surface area contributed by atoms with E-state index in [9.17, 15) is 4.79 Å². The van der Waals surface area contributed by atoms with Crippen LogP contribution in [-0.4, -0.2) is 50.6 Å². The summed E-state index contributed by atoms with van der Waals surface area (Å²) in [5, 5.41) is 3.48. The van der Waals surface area contributed by atoms with E-state index < -0.39 is 0 Å². The Balaban J connectivity index is 0.00000225. The summed E-state index contributed by atoms with van der Waals surface area (Å²) >= 11 is 0. The molecule has 0 spiro atoms. The maximum atomic E-state index is 12.9. The second kappa shape index (κ2) is 9.41. The van der Waals surface area contributed by atoms with Gasteiger partial charge in [-0.2, -0.15) is 0 Å². The zero-order valence-electron chi connectivity index (χ0n) is 16.3. The molecular weight excluding hydrogens is 374 g/mol. The minimum atomic E-state index is 0. The molecule has 2 aliphatic rings. The molecule has 0 saturated carbocycles. The standard InChI is InChI=1S/C22H27N3O2.ClH/c1-27-21-9-5-3-7-18(21)20-16-23-12-15-24(20)13-11-22(26)25-14-10-17-6-2-4-8-19(17)25;/h2-9,20,23H,10-16H2,1H3;1H. The molecule has 2 heterocycles. The third-order valence-corrected chi connectivity index (χ3v) is 5.65. The molecule has 28 heavy (non-hydrogen) atoms. The lowest BCUT2D eigenvalue weighted by Crippen LogP contribution is -2.47. The Labute approximate surface area is 173 Å². The molecule has 6 heteroatoms. The number of rotatable bonds is 5. The number of hydrogen-bond donors (Lipinski definition) is 1. The van der Waals surface area contributed by atoms with Crippen LogP contribution < -0.4 is 15.0 Å². The van der Waals surface area contributed by atoms with Gasteiger partial charge >= 0.3 is 0 Å². The van der Waals surface area contributed by atoms with Crippen LogP contribution in [0.3, 0.4) is 0 Å². The number of anilines is 1. The minimum absolute atomic E-state index is 0. The van der Waals surface area contributed by atoms with Crippen molar-refractivity contribution in [3.8, 4) is 5.75 Å². The maximum Gasteiger partial charge on any atom is 0.228 e. The number of hydrogen-bond acceptors (Lipinski definition) is 4. The molecule has 2 aromatic carbocycles. The number of nitrogens with zero attached hydrogens (tertiary/aromatic N) is 2. The summed E-state index contributed by atoms with van der Waals surface area (Å²) < 4.78 is 5.56. The predicted octanol–water partition coefficient (Wildman–Crippen LogP) is 3.04. The van der Waals surface area contributed by atoms with Gasteiger partial charge in [-0.3, -0.25) is 9.69 Å². The van der Waals surface area contributed by atoms with Crippen molar-refractivity contribution in [2.45, 2.75) is 18.9 Å². The van der Waals surface area contributed by atoms with Gasteiger partial charge in [0.25, 0.3) is 0 Å². The first-order valence-electron chi connectivity index (χ1n) is 9.74. The molecule has 5 nitrogen and oxygen atoms in total. The van der Waals surface area contributed by atoms with E-state index in [4.69, 9.17) is 4.74 Å². The van der Waals surface area contributed by atoms with Crippen molar-refractivity contribution < 1.29 is 9.53 Å². The first-order chi connectivity index (χ1) is 13.3.